The maximum atomic E-state index is 4.82. The van der Waals surface area contributed by atoms with E-state index in [0.717, 1.165) is 17.1 Å². The van der Waals surface area contributed by atoms with Crippen LogP contribution in [0.3, 0.4) is 0 Å². The smallest absolute Gasteiger partial charge is 0.116 e. The molecule has 0 spiro atoms. The molecule has 1 N–H and O–H groups in total. The zero-order valence-corrected chi connectivity index (χ0v) is 13.2. The lowest BCUT2D eigenvalue weighted by Gasteiger charge is -2.13. The predicted molar refractivity (Wildman–Crippen MR) is 81.1 cm³/mol. The van der Waals surface area contributed by atoms with Gasteiger partial charge in [0.15, 0.2) is 0 Å². The fraction of sp³-hybridized carbons (Fsp3) is 0.571. The Hall–Kier alpha value is -0.780. The maximum Gasteiger partial charge on any atom is 0.116 e. The molecule has 1 aliphatic carbocycles. The third kappa shape index (κ3) is 2.88. The number of nitrogens with zero attached hydrogens (tertiary/aromatic N) is 2. The zero-order chi connectivity index (χ0) is 13.4. The lowest BCUT2D eigenvalue weighted by molar-refractivity contribution is 0.585. The van der Waals surface area contributed by atoms with E-state index in [1.54, 1.807) is 11.3 Å². The molecule has 2 aromatic rings. The number of hydrogen-bond donors (Lipinski definition) is 1. The monoisotopic (exact) mass is 293 g/mol. The van der Waals surface area contributed by atoms with E-state index in [-0.39, 0.29) is 6.04 Å². The van der Waals surface area contributed by atoms with Crippen LogP contribution in [0.2, 0.25) is 0 Å². The van der Waals surface area contributed by atoms with Gasteiger partial charge in [0.1, 0.15) is 11.0 Å². The van der Waals surface area contributed by atoms with E-state index in [4.69, 9.17) is 4.98 Å². The number of hydrogen-bond acceptors (Lipinski definition) is 5. The number of aromatic nitrogens is 2. The predicted octanol–water partition coefficient (Wildman–Crippen LogP) is 3.62. The van der Waals surface area contributed by atoms with Crippen LogP contribution in [-0.4, -0.2) is 16.0 Å². The molecular formula is C14H19N3S2. The van der Waals surface area contributed by atoms with Crippen molar-refractivity contribution >= 4 is 22.7 Å². The molecule has 0 amide bonds. The molecule has 3 nitrogen and oxygen atoms in total. The van der Waals surface area contributed by atoms with Gasteiger partial charge < -0.3 is 5.32 Å². The molecule has 2 aromatic heterocycles. The van der Waals surface area contributed by atoms with Gasteiger partial charge in [-0.1, -0.05) is 6.92 Å². The topological polar surface area (TPSA) is 37.8 Å². The highest BCUT2D eigenvalue weighted by molar-refractivity contribution is 7.12. The van der Waals surface area contributed by atoms with E-state index in [1.807, 2.05) is 11.3 Å². The minimum atomic E-state index is 0.182. The van der Waals surface area contributed by atoms with Gasteiger partial charge in [0.25, 0.3) is 0 Å². The molecule has 2 heterocycles. The minimum absolute atomic E-state index is 0.182. The Morgan fingerprint density at radius 3 is 2.68 bits per heavy atom. The van der Waals surface area contributed by atoms with E-state index < -0.39 is 0 Å². The van der Waals surface area contributed by atoms with Crippen molar-refractivity contribution in [1.29, 1.82) is 0 Å². The second-order valence-electron chi connectivity index (χ2n) is 5.07. The van der Waals surface area contributed by atoms with Crippen LogP contribution in [0.25, 0.3) is 0 Å². The van der Waals surface area contributed by atoms with Crippen LogP contribution in [0.1, 0.15) is 52.1 Å². The van der Waals surface area contributed by atoms with Gasteiger partial charge in [-0.15, -0.1) is 22.7 Å². The fourth-order valence-electron chi connectivity index (χ4n) is 2.18. The first-order chi connectivity index (χ1) is 9.17. The van der Waals surface area contributed by atoms with Gasteiger partial charge in [0.05, 0.1) is 16.4 Å². The summed E-state index contributed by atoms with van der Waals surface area (Å²) >= 11 is 3.53. The van der Waals surface area contributed by atoms with Crippen LogP contribution >= 0.6 is 22.7 Å². The van der Waals surface area contributed by atoms with E-state index >= 15 is 0 Å². The molecule has 19 heavy (non-hydrogen) atoms. The molecule has 1 aliphatic rings. The van der Waals surface area contributed by atoms with Gasteiger partial charge in [-0.2, -0.15) is 0 Å². The van der Waals surface area contributed by atoms with Crippen LogP contribution in [0.4, 0.5) is 0 Å². The van der Waals surface area contributed by atoms with E-state index in [9.17, 15) is 0 Å². The Balaban J connectivity index is 1.92. The molecule has 0 radical (unpaired) electrons. The summed E-state index contributed by atoms with van der Waals surface area (Å²) in [4.78, 5) is 10.8. The number of thiazole rings is 2. The first kappa shape index (κ1) is 13.2. The maximum absolute atomic E-state index is 4.82. The number of nitrogens with one attached hydrogen (secondary N) is 1. The van der Waals surface area contributed by atoms with Crippen molar-refractivity contribution in [2.75, 3.05) is 0 Å². The number of aryl methyl sites for hydroxylation is 3. The van der Waals surface area contributed by atoms with Crippen molar-refractivity contribution in [2.45, 2.75) is 52.1 Å². The number of rotatable bonds is 5. The SMILES string of the molecule is CCc1nc(C(NC2CC2)c2csc(C)n2)sc1C. The molecule has 5 heteroatoms. The third-order valence-corrected chi connectivity index (χ3v) is 5.27. The Bertz CT molecular complexity index is 569. The molecule has 1 atom stereocenters. The Morgan fingerprint density at radius 2 is 2.16 bits per heavy atom. The van der Waals surface area contributed by atoms with Gasteiger partial charge in [-0.05, 0) is 33.1 Å². The largest absolute Gasteiger partial charge is 0.300 e. The van der Waals surface area contributed by atoms with Crippen LogP contribution in [0, 0.1) is 13.8 Å². The van der Waals surface area contributed by atoms with Crippen LogP contribution in [0.5, 0.6) is 0 Å². The van der Waals surface area contributed by atoms with Crippen molar-refractivity contribution in [2.24, 2.45) is 0 Å². The van der Waals surface area contributed by atoms with Crippen molar-refractivity contribution < 1.29 is 0 Å². The van der Waals surface area contributed by atoms with Crippen molar-refractivity contribution in [3.8, 4) is 0 Å². The first-order valence-corrected chi connectivity index (χ1v) is 8.51. The second-order valence-corrected chi connectivity index (χ2v) is 7.37. The highest BCUT2D eigenvalue weighted by Gasteiger charge is 2.29. The summed E-state index contributed by atoms with van der Waals surface area (Å²) in [7, 11) is 0. The lowest BCUT2D eigenvalue weighted by Crippen LogP contribution is -2.24. The third-order valence-electron chi connectivity index (χ3n) is 3.40. The minimum Gasteiger partial charge on any atom is -0.300 e. The van der Waals surface area contributed by atoms with Crippen LogP contribution < -0.4 is 5.32 Å². The first-order valence-electron chi connectivity index (χ1n) is 6.81. The molecule has 0 aromatic carbocycles. The van der Waals surface area contributed by atoms with Gasteiger partial charge in [-0.3, -0.25) is 0 Å². The lowest BCUT2D eigenvalue weighted by atomic mass is 10.2. The highest BCUT2D eigenvalue weighted by Crippen LogP contribution is 2.32. The zero-order valence-electron chi connectivity index (χ0n) is 11.6. The highest BCUT2D eigenvalue weighted by atomic mass is 32.1. The van der Waals surface area contributed by atoms with E-state index in [2.05, 4.69) is 36.5 Å². The molecule has 102 valence electrons. The second kappa shape index (κ2) is 5.31. The molecular weight excluding hydrogens is 274 g/mol. The summed E-state index contributed by atoms with van der Waals surface area (Å²) in [5.41, 5.74) is 2.36. The Labute approximate surface area is 122 Å². The Morgan fingerprint density at radius 1 is 1.37 bits per heavy atom. The Kier molecular flexibility index (Phi) is 3.69. The molecule has 0 bridgehead atoms. The molecule has 0 aliphatic heterocycles. The molecule has 3 rings (SSSR count). The molecule has 1 unspecified atom stereocenters. The average Bonchev–Trinajstić information content (AvgIpc) is 2.99. The standard InChI is InChI=1S/C14H19N3S2/c1-4-11-8(2)19-14(17-11)13(16-10-5-6-10)12-7-18-9(3)15-12/h7,10,13,16H,4-6H2,1-3H3. The van der Waals surface area contributed by atoms with Crippen molar-refractivity contribution in [3.05, 3.63) is 31.7 Å². The quantitative estimate of drug-likeness (QED) is 0.915. The van der Waals surface area contributed by atoms with Gasteiger partial charge in [-0.25, -0.2) is 9.97 Å². The molecule has 0 saturated heterocycles. The van der Waals surface area contributed by atoms with Gasteiger partial charge in [0, 0.05) is 16.3 Å². The van der Waals surface area contributed by atoms with E-state index in [1.165, 1.54) is 28.4 Å². The van der Waals surface area contributed by atoms with E-state index in [0.29, 0.717) is 6.04 Å². The summed E-state index contributed by atoms with van der Waals surface area (Å²) in [6.45, 7) is 6.40. The summed E-state index contributed by atoms with van der Waals surface area (Å²) in [6, 6.07) is 0.836. The van der Waals surface area contributed by atoms with Crippen molar-refractivity contribution in [3.63, 3.8) is 0 Å². The van der Waals surface area contributed by atoms with Crippen LogP contribution in [0.15, 0.2) is 5.38 Å². The van der Waals surface area contributed by atoms with Gasteiger partial charge in [0.2, 0.25) is 0 Å². The molecule has 1 fully saturated rings. The average molecular weight is 293 g/mol. The fourth-order valence-corrected chi connectivity index (χ4v) is 3.91. The summed E-state index contributed by atoms with van der Waals surface area (Å²) in [5.74, 6) is 0. The van der Waals surface area contributed by atoms with Gasteiger partial charge >= 0.3 is 0 Å². The van der Waals surface area contributed by atoms with Crippen LogP contribution in [-0.2, 0) is 6.42 Å². The summed E-state index contributed by atoms with van der Waals surface area (Å²) < 4.78 is 0. The van der Waals surface area contributed by atoms with Crippen molar-refractivity contribution in [1.82, 2.24) is 15.3 Å². The summed E-state index contributed by atoms with van der Waals surface area (Å²) in [6.07, 6.45) is 3.57. The molecule has 1 saturated carbocycles. The normalized spacial score (nSPS) is 16.8. The summed E-state index contributed by atoms with van der Waals surface area (Å²) in [5, 5.41) is 8.16.